The maximum absolute atomic E-state index is 12.8. The first-order chi connectivity index (χ1) is 30.5. The molecule has 6 nitrogen and oxygen atoms in total. The Morgan fingerprint density at radius 1 is 0.339 bits per heavy atom. The van der Waals surface area contributed by atoms with Gasteiger partial charge < -0.3 is 14.2 Å². The van der Waals surface area contributed by atoms with Crippen molar-refractivity contribution >= 4 is 17.9 Å². The molecular formula is C56H96O6. The first-order valence-corrected chi connectivity index (χ1v) is 25.9. The van der Waals surface area contributed by atoms with E-state index in [-0.39, 0.29) is 31.1 Å². The maximum Gasteiger partial charge on any atom is 0.306 e. The van der Waals surface area contributed by atoms with Gasteiger partial charge in [0.1, 0.15) is 13.2 Å². The van der Waals surface area contributed by atoms with Gasteiger partial charge in [0.15, 0.2) is 6.10 Å². The lowest BCUT2D eigenvalue weighted by Crippen LogP contribution is -2.30. The first-order valence-electron chi connectivity index (χ1n) is 25.9. The number of hydrogen-bond donors (Lipinski definition) is 0. The van der Waals surface area contributed by atoms with Gasteiger partial charge in [-0.3, -0.25) is 14.4 Å². The van der Waals surface area contributed by atoms with Crippen molar-refractivity contribution in [2.24, 2.45) is 0 Å². The van der Waals surface area contributed by atoms with Crippen molar-refractivity contribution in [3.8, 4) is 0 Å². The van der Waals surface area contributed by atoms with Crippen LogP contribution in [0.2, 0.25) is 0 Å². The van der Waals surface area contributed by atoms with Crippen molar-refractivity contribution in [3.05, 3.63) is 72.9 Å². The molecular weight excluding hydrogens is 769 g/mol. The van der Waals surface area contributed by atoms with Crippen molar-refractivity contribution in [2.75, 3.05) is 13.2 Å². The zero-order valence-corrected chi connectivity index (χ0v) is 40.6. The van der Waals surface area contributed by atoms with E-state index in [1.165, 1.54) is 83.5 Å². The highest BCUT2D eigenvalue weighted by atomic mass is 16.6. The molecule has 0 aromatic rings. The number of unbranched alkanes of at least 4 members (excludes halogenated alkanes) is 23. The lowest BCUT2D eigenvalue weighted by Gasteiger charge is -2.18. The molecule has 0 aromatic carbocycles. The number of allylic oxidation sites excluding steroid dienone is 12. The van der Waals surface area contributed by atoms with Gasteiger partial charge in [0.2, 0.25) is 0 Å². The highest BCUT2D eigenvalue weighted by Crippen LogP contribution is 2.14. The molecule has 0 rings (SSSR count). The van der Waals surface area contributed by atoms with Crippen LogP contribution in [0.1, 0.15) is 245 Å². The number of hydrogen-bond acceptors (Lipinski definition) is 6. The highest BCUT2D eigenvalue weighted by molar-refractivity contribution is 5.71. The van der Waals surface area contributed by atoms with Crippen LogP contribution in [0.4, 0.5) is 0 Å². The van der Waals surface area contributed by atoms with E-state index in [1.54, 1.807) is 0 Å². The average molecular weight is 865 g/mol. The summed E-state index contributed by atoms with van der Waals surface area (Å²) >= 11 is 0. The normalized spacial score (nSPS) is 12.6. The minimum atomic E-state index is -0.783. The van der Waals surface area contributed by atoms with Crippen LogP contribution in [0, 0.1) is 0 Å². The van der Waals surface area contributed by atoms with Crippen LogP contribution in [0.25, 0.3) is 0 Å². The van der Waals surface area contributed by atoms with Gasteiger partial charge >= 0.3 is 17.9 Å². The van der Waals surface area contributed by atoms with Gasteiger partial charge in [-0.2, -0.15) is 0 Å². The summed E-state index contributed by atoms with van der Waals surface area (Å²) in [5.74, 6) is -0.905. The molecule has 0 aliphatic rings. The van der Waals surface area contributed by atoms with Crippen LogP contribution >= 0.6 is 0 Å². The largest absolute Gasteiger partial charge is 0.462 e. The summed E-state index contributed by atoms with van der Waals surface area (Å²) in [5.41, 5.74) is 0. The summed E-state index contributed by atoms with van der Waals surface area (Å²) in [7, 11) is 0. The number of ether oxygens (including phenoxy) is 3. The van der Waals surface area contributed by atoms with Crippen molar-refractivity contribution in [1.82, 2.24) is 0 Å². The molecule has 0 aliphatic heterocycles. The predicted molar refractivity (Wildman–Crippen MR) is 265 cm³/mol. The Hall–Kier alpha value is -3.15. The van der Waals surface area contributed by atoms with Crippen LogP contribution in [-0.4, -0.2) is 37.2 Å². The summed E-state index contributed by atoms with van der Waals surface area (Å²) < 4.78 is 16.8. The Kier molecular flexibility index (Phi) is 47.9. The highest BCUT2D eigenvalue weighted by Gasteiger charge is 2.19. The van der Waals surface area contributed by atoms with Crippen LogP contribution < -0.4 is 0 Å². The van der Waals surface area contributed by atoms with Crippen LogP contribution in [0.5, 0.6) is 0 Å². The second kappa shape index (κ2) is 50.5. The van der Waals surface area contributed by atoms with E-state index in [1.807, 2.05) is 0 Å². The third-order valence-electron chi connectivity index (χ3n) is 10.9. The van der Waals surface area contributed by atoms with Gasteiger partial charge in [-0.15, -0.1) is 0 Å². The van der Waals surface area contributed by atoms with Crippen molar-refractivity contribution in [2.45, 2.75) is 252 Å². The van der Waals surface area contributed by atoms with E-state index < -0.39 is 6.10 Å². The van der Waals surface area contributed by atoms with E-state index in [0.29, 0.717) is 19.3 Å². The Morgan fingerprint density at radius 2 is 0.661 bits per heavy atom. The number of esters is 3. The van der Waals surface area contributed by atoms with E-state index in [9.17, 15) is 14.4 Å². The van der Waals surface area contributed by atoms with Gasteiger partial charge in [-0.1, -0.05) is 216 Å². The summed E-state index contributed by atoms with van der Waals surface area (Å²) in [6.45, 7) is 6.43. The van der Waals surface area contributed by atoms with Crippen LogP contribution in [-0.2, 0) is 28.6 Å². The molecule has 1 unspecified atom stereocenters. The fourth-order valence-corrected chi connectivity index (χ4v) is 7.06. The van der Waals surface area contributed by atoms with Gasteiger partial charge in [0.05, 0.1) is 0 Å². The quantitative estimate of drug-likeness (QED) is 0.0262. The van der Waals surface area contributed by atoms with Crippen molar-refractivity contribution in [1.29, 1.82) is 0 Å². The number of carbonyl (C=O) groups is 3. The molecule has 0 radical (unpaired) electrons. The third-order valence-corrected chi connectivity index (χ3v) is 10.9. The van der Waals surface area contributed by atoms with E-state index in [0.717, 1.165) is 122 Å². The second-order valence-electron chi connectivity index (χ2n) is 17.1. The molecule has 0 aromatic heterocycles. The summed E-state index contributed by atoms with van der Waals surface area (Å²) in [6, 6.07) is 0. The van der Waals surface area contributed by atoms with E-state index >= 15 is 0 Å². The molecule has 0 fully saturated rings. The van der Waals surface area contributed by atoms with Crippen LogP contribution in [0.15, 0.2) is 72.9 Å². The maximum atomic E-state index is 12.8. The van der Waals surface area contributed by atoms with E-state index in [2.05, 4.69) is 93.7 Å². The molecule has 6 heteroatoms. The standard InChI is InChI=1S/C56H96O6/c1-4-7-10-13-16-19-22-24-25-26-27-28-29-30-31-33-34-37-40-43-46-49-55(58)61-52-53(51-60-54(57)48-45-42-39-36-21-18-15-12-9-6-3)62-56(59)50-47-44-41-38-35-32-23-20-17-14-11-8-5-2/h7,10-11,14,16,19-20,23-25,27-28,53H,4-6,8-9,12-13,15,17-18,21-22,26,29-52H2,1-3H3/b10-7-,14-11-,19-16-,23-20-,25-24-,28-27-. The minimum absolute atomic E-state index is 0.0824. The smallest absolute Gasteiger partial charge is 0.306 e. The molecule has 62 heavy (non-hydrogen) atoms. The van der Waals surface area contributed by atoms with Crippen LogP contribution in [0.3, 0.4) is 0 Å². The van der Waals surface area contributed by atoms with Crippen molar-refractivity contribution < 1.29 is 28.6 Å². The molecule has 0 aliphatic carbocycles. The van der Waals surface area contributed by atoms with Gasteiger partial charge in [-0.25, -0.2) is 0 Å². The predicted octanol–water partition coefficient (Wildman–Crippen LogP) is 17.0. The molecule has 356 valence electrons. The van der Waals surface area contributed by atoms with Crippen molar-refractivity contribution in [3.63, 3.8) is 0 Å². The van der Waals surface area contributed by atoms with E-state index in [4.69, 9.17) is 14.2 Å². The molecule has 0 saturated carbocycles. The zero-order valence-electron chi connectivity index (χ0n) is 40.6. The molecule has 0 amide bonds. The molecule has 0 bridgehead atoms. The third kappa shape index (κ3) is 47.9. The fraction of sp³-hybridized carbons (Fsp3) is 0.732. The summed E-state index contributed by atoms with van der Waals surface area (Å²) in [6.07, 6.45) is 63.1. The van der Waals surface area contributed by atoms with Gasteiger partial charge in [0.25, 0.3) is 0 Å². The lowest BCUT2D eigenvalue weighted by molar-refractivity contribution is -0.167. The summed E-state index contributed by atoms with van der Waals surface area (Å²) in [4.78, 5) is 37.9. The minimum Gasteiger partial charge on any atom is -0.462 e. The molecule has 1 atom stereocenters. The Morgan fingerprint density at radius 3 is 1.05 bits per heavy atom. The Labute approximate surface area is 382 Å². The Bertz CT molecular complexity index is 1180. The Balaban J connectivity index is 4.32. The monoisotopic (exact) mass is 865 g/mol. The molecule has 0 spiro atoms. The van der Waals surface area contributed by atoms with Gasteiger partial charge in [0, 0.05) is 19.3 Å². The second-order valence-corrected chi connectivity index (χ2v) is 17.1. The number of rotatable bonds is 46. The molecule has 0 saturated heterocycles. The lowest BCUT2D eigenvalue weighted by atomic mass is 10.1. The zero-order chi connectivity index (χ0) is 45.1. The molecule has 0 N–H and O–H groups in total. The first kappa shape index (κ1) is 58.9. The summed E-state index contributed by atoms with van der Waals surface area (Å²) in [5, 5.41) is 0. The van der Waals surface area contributed by atoms with Gasteiger partial charge in [-0.05, 0) is 83.5 Å². The SMILES string of the molecule is CC/C=C\C/C=C\C/C=C\C/C=C\CCCCCCCCCCC(=O)OCC(COC(=O)CCCCCCCCCCCC)OC(=O)CCCCCCC/C=C\C/C=C\CCC. The topological polar surface area (TPSA) is 78.9 Å². The average Bonchev–Trinajstić information content (AvgIpc) is 3.27. The fourth-order valence-electron chi connectivity index (χ4n) is 7.06. The molecule has 0 heterocycles. The number of carbonyl (C=O) groups excluding carboxylic acids is 3.